The topological polar surface area (TPSA) is 77.1 Å². The second-order valence-corrected chi connectivity index (χ2v) is 11.0. The number of benzene rings is 1. The molecule has 1 saturated heterocycles. The van der Waals surface area contributed by atoms with Crippen molar-refractivity contribution in [3.8, 4) is 11.4 Å². The van der Waals surface area contributed by atoms with Crippen LogP contribution in [0.3, 0.4) is 0 Å². The first-order chi connectivity index (χ1) is 15.3. The lowest BCUT2D eigenvalue weighted by molar-refractivity contribution is -0.0739. The van der Waals surface area contributed by atoms with Crippen molar-refractivity contribution in [1.29, 1.82) is 0 Å². The van der Waals surface area contributed by atoms with Gasteiger partial charge in [-0.05, 0) is 43.9 Å². The molecule has 0 radical (unpaired) electrons. The number of carbonyl (C=O) groups excluding carboxylic acids is 1. The van der Waals surface area contributed by atoms with E-state index in [2.05, 4.69) is 27.1 Å². The maximum atomic E-state index is 12.9. The minimum absolute atomic E-state index is 0.101. The number of rotatable bonds is 4. The van der Waals surface area contributed by atoms with Crippen LogP contribution in [0.5, 0.6) is 0 Å². The van der Waals surface area contributed by atoms with E-state index < -0.39 is 0 Å². The second kappa shape index (κ2) is 6.77. The highest BCUT2D eigenvalue weighted by molar-refractivity contribution is 5.95. The first-order valence-electron chi connectivity index (χ1n) is 11.6. The van der Waals surface area contributed by atoms with Crippen LogP contribution in [-0.4, -0.2) is 43.8 Å². The number of amides is 1. The van der Waals surface area contributed by atoms with E-state index in [0.29, 0.717) is 34.7 Å². The third kappa shape index (κ3) is 3.34. The first-order valence-corrected chi connectivity index (χ1v) is 11.6. The van der Waals surface area contributed by atoms with Gasteiger partial charge in [-0.3, -0.25) is 9.48 Å². The summed E-state index contributed by atoms with van der Waals surface area (Å²) >= 11 is 0. The number of carbonyl (C=O) groups is 1. The zero-order chi connectivity index (χ0) is 22.1. The van der Waals surface area contributed by atoms with Gasteiger partial charge in [-0.2, -0.15) is 10.1 Å². The second-order valence-electron chi connectivity index (χ2n) is 11.0. The zero-order valence-corrected chi connectivity index (χ0v) is 18.9. The largest absolute Gasteiger partial charge is 0.338 e. The van der Waals surface area contributed by atoms with Crippen LogP contribution in [0, 0.1) is 5.41 Å². The van der Waals surface area contributed by atoms with E-state index in [1.807, 2.05) is 49.9 Å². The molecule has 2 aromatic heterocycles. The van der Waals surface area contributed by atoms with Crippen molar-refractivity contribution in [3.63, 3.8) is 0 Å². The molecule has 3 aliphatic rings. The van der Waals surface area contributed by atoms with Crippen molar-refractivity contribution < 1.29 is 9.32 Å². The van der Waals surface area contributed by atoms with Crippen molar-refractivity contribution in [1.82, 2.24) is 24.8 Å². The monoisotopic (exact) mass is 431 g/mol. The van der Waals surface area contributed by atoms with Crippen molar-refractivity contribution in [2.24, 2.45) is 5.41 Å². The Labute approximate surface area is 187 Å². The Balaban J connectivity index is 1.05. The summed E-state index contributed by atoms with van der Waals surface area (Å²) in [6, 6.07) is 10.2. The molecular weight excluding hydrogens is 402 g/mol. The van der Waals surface area contributed by atoms with E-state index in [-0.39, 0.29) is 11.3 Å². The van der Waals surface area contributed by atoms with Crippen LogP contribution in [0.4, 0.5) is 0 Å². The fourth-order valence-electron chi connectivity index (χ4n) is 5.03. The summed E-state index contributed by atoms with van der Waals surface area (Å²) < 4.78 is 7.54. The summed E-state index contributed by atoms with van der Waals surface area (Å²) in [7, 11) is 0. The summed E-state index contributed by atoms with van der Waals surface area (Å²) in [5.74, 6) is 1.97. The standard InChI is InChI=1S/C25H29N5O2/c1-24(2,3)23-26-21(28-32-23)17-6-8-18(9-7-17)22(31)29-14-25(15-29)12-19(13-25)30-11-10-20(27-30)16-4-5-16/h6-11,16,19H,4-5,12-15H2,1-3H3. The van der Waals surface area contributed by atoms with Gasteiger partial charge in [0.15, 0.2) is 0 Å². The van der Waals surface area contributed by atoms with Gasteiger partial charge >= 0.3 is 0 Å². The average Bonchev–Trinajstić information content (AvgIpc) is 3.22. The maximum absolute atomic E-state index is 12.9. The van der Waals surface area contributed by atoms with E-state index in [1.54, 1.807) is 0 Å². The Bertz CT molecular complexity index is 1150. The number of likely N-dealkylation sites (tertiary alicyclic amines) is 1. The normalized spacial score (nSPS) is 20.3. The molecule has 2 aliphatic carbocycles. The molecule has 166 valence electrons. The lowest BCUT2D eigenvalue weighted by atomic mass is 9.60. The lowest BCUT2D eigenvalue weighted by Gasteiger charge is -2.58. The summed E-state index contributed by atoms with van der Waals surface area (Å²) in [4.78, 5) is 19.4. The van der Waals surface area contributed by atoms with Crippen LogP contribution >= 0.6 is 0 Å². The first kappa shape index (κ1) is 19.7. The van der Waals surface area contributed by atoms with Crippen LogP contribution in [0.2, 0.25) is 0 Å². The van der Waals surface area contributed by atoms with Crippen LogP contribution in [0.1, 0.15) is 80.4 Å². The van der Waals surface area contributed by atoms with E-state index in [4.69, 9.17) is 9.62 Å². The minimum atomic E-state index is -0.188. The summed E-state index contributed by atoms with van der Waals surface area (Å²) in [5, 5.41) is 8.87. The summed E-state index contributed by atoms with van der Waals surface area (Å²) in [6.07, 6.45) is 6.96. The molecule has 1 aromatic carbocycles. The summed E-state index contributed by atoms with van der Waals surface area (Å²) in [5.41, 5.74) is 2.93. The van der Waals surface area contributed by atoms with E-state index in [1.165, 1.54) is 18.5 Å². The molecule has 0 bridgehead atoms. The van der Waals surface area contributed by atoms with Gasteiger partial charge in [-0.15, -0.1) is 0 Å². The van der Waals surface area contributed by atoms with Crippen LogP contribution in [0.15, 0.2) is 41.1 Å². The Morgan fingerprint density at radius 1 is 1.09 bits per heavy atom. The predicted octanol–water partition coefficient (Wildman–Crippen LogP) is 4.59. The highest BCUT2D eigenvalue weighted by Gasteiger charge is 2.54. The maximum Gasteiger partial charge on any atom is 0.253 e. The Morgan fingerprint density at radius 3 is 2.44 bits per heavy atom. The third-order valence-electron chi connectivity index (χ3n) is 7.13. The predicted molar refractivity (Wildman–Crippen MR) is 119 cm³/mol. The third-order valence-corrected chi connectivity index (χ3v) is 7.13. The van der Waals surface area contributed by atoms with Gasteiger partial charge in [0.05, 0.1) is 11.7 Å². The number of aromatic nitrogens is 4. The SMILES string of the molecule is CC(C)(C)c1nc(-c2ccc(C(=O)N3CC4(CC(n5ccc(C6CC6)n5)C4)C3)cc2)no1. The molecule has 3 heterocycles. The van der Waals surface area contributed by atoms with E-state index in [9.17, 15) is 4.79 Å². The average molecular weight is 432 g/mol. The molecule has 2 saturated carbocycles. The van der Waals surface area contributed by atoms with Gasteiger partial charge in [0.2, 0.25) is 11.7 Å². The number of nitrogens with zero attached hydrogens (tertiary/aromatic N) is 5. The molecule has 3 aromatic rings. The number of hydrogen-bond donors (Lipinski definition) is 0. The van der Waals surface area contributed by atoms with Crippen LogP contribution < -0.4 is 0 Å². The molecule has 6 rings (SSSR count). The lowest BCUT2D eigenvalue weighted by Crippen LogP contribution is -2.63. The van der Waals surface area contributed by atoms with E-state index in [0.717, 1.165) is 31.5 Å². The Morgan fingerprint density at radius 2 is 1.81 bits per heavy atom. The van der Waals surface area contributed by atoms with Crippen LogP contribution in [0.25, 0.3) is 11.4 Å². The van der Waals surface area contributed by atoms with Crippen molar-refractivity contribution in [2.75, 3.05) is 13.1 Å². The van der Waals surface area contributed by atoms with Gasteiger partial charge in [0, 0.05) is 47.2 Å². The molecule has 3 fully saturated rings. The molecule has 1 amide bonds. The molecule has 0 unspecified atom stereocenters. The molecule has 32 heavy (non-hydrogen) atoms. The zero-order valence-electron chi connectivity index (χ0n) is 18.9. The van der Waals surface area contributed by atoms with Crippen molar-refractivity contribution in [2.45, 2.75) is 63.8 Å². The molecular formula is C25H29N5O2. The van der Waals surface area contributed by atoms with Gasteiger partial charge < -0.3 is 9.42 Å². The highest BCUT2D eigenvalue weighted by Crippen LogP contribution is 2.54. The smallest absolute Gasteiger partial charge is 0.253 e. The highest BCUT2D eigenvalue weighted by atomic mass is 16.5. The Hall–Kier alpha value is -2.96. The van der Waals surface area contributed by atoms with E-state index >= 15 is 0 Å². The molecule has 0 N–H and O–H groups in total. The Kier molecular flexibility index (Phi) is 4.17. The molecule has 1 aliphatic heterocycles. The summed E-state index contributed by atoms with van der Waals surface area (Å²) in [6.45, 7) is 7.81. The molecule has 7 heteroatoms. The quantitative estimate of drug-likeness (QED) is 0.604. The van der Waals surface area contributed by atoms with Crippen LogP contribution in [-0.2, 0) is 5.41 Å². The van der Waals surface area contributed by atoms with Gasteiger partial charge in [-0.25, -0.2) is 0 Å². The minimum Gasteiger partial charge on any atom is -0.338 e. The molecule has 7 nitrogen and oxygen atoms in total. The van der Waals surface area contributed by atoms with Gasteiger partial charge in [0.1, 0.15) is 0 Å². The van der Waals surface area contributed by atoms with Crippen molar-refractivity contribution >= 4 is 5.91 Å². The van der Waals surface area contributed by atoms with Crippen molar-refractivity contribution in [3.05, 3.63) is 53.7 Å². The van der Waals surface area contributed by atoms with Gasteiger partial charge in [-0.1, -0.05) is 38.1 Å². The fourth-order valence-corrected chi connectivity index (χ4v) is 5.03. The molecule has 0 atom stereocenters. The number of hydrogen-bond acceptors (Lipinski definition) is 5. The molecule has 1 spiro atoms. The van der Waals surface area contributed by atoms with Gasteiger partial charge in [0.25, 0.3) is 5.91 Å². The fraction of sp³-hybridized carbons (Fsp3) is 0.520.